The second-order valence-corrected chi connectivity index (χ2v) is 5.63. The van der Waals surface area contributed by atoms with E-state index in [1.807, 2.05) is 0 Å². The van der Waals surface area contributed by atoms with E-state index in [0.717, 1.165) is 30.9 Å². The minimum Gasteiger partial charge on any atom is -0.489 e. The van der Waals surface area contributed by atoms with Gasteiger partial charge in [0.15, 0.2) is 0 Å². The number of ether oxygens (including phenoxy) is 1. The van der Waals surface area contributed by atoms with Crippen LogP contribution in [0.1, 0.15) is 45.1 Å². The van der Waals surface area contributed by atoms with Gasteiger partial charge in [0.2, 0.25) is 0 Å². The summed E-state index contributed by atoms with van der Waals surface area (Å²) in [7, 11) is 0. The summed E-state index contributed by atoms with van der Waals surface area (Å²) in [6.45, 7) is 4.49. The fourth-order valence-corrected chi connectivity index (χ4v) is 2.69. The highest BCUT2D eigenvalue weighted by atomic mass is 16.5. The van der Waals surface area contributed by atoms with Crippen LogP contribution in [0.5, 0.6) is 5.75 Å². The molecular weight excluding hydrogens is 222 g/mol. The molecule has 2 rings (SSSR count). The molecular formula is C16H25NO. The molecule has 3 unspecified atom stereocenters. The van der Waals surface area contributed by atoms with Crippen molar-refractivity contribution < 1.29 is 4.74 Å². The van der Waals surface area contributed by atoms with Crippen molar-refractivity contribution in [2.45, 2.75) is 58.1 Å². The van der Waals surface area contributed by atoms with E-state index in [-0.39, 0.29) is 12.1 Å². The lowest BCUT2D eigenvalue weighted by molar-refractivity contribution is 0.108. The number of nitrogens with two attached hydrogens (primary N) is 1. The fourth-order valence-electron chi connectivity index (χ4n) is 2.69. The molecule has 1 aromatic rings. The summed E-state index contributed by atoms with van der Waals surface area (Å²) in [5, 5.41) is 0. The Bertz CT molecular complexity index is 360. The third-order valence-corrected chi connectivity index (χ3v) is 3.85. The highest BCUT2D eigenvalue weighted by Crippen LogP contribution is 2.27. The van der Waals surface area contributed by atoms with Crippen LogP contribution < -0.4 is 10.5 Å². The fraction of sp³-hybridized carbons (Fsp3) is 0.625. The number of aryl methyl sites for hydroxylation is 1. The summed E-state index contributed by atoms with van der Waals surface area (Å²) in [5.74, 6) is 1.69. The highest BCUT2D eigenvalue weighted by molar-refractivity contribution is 5.27. The second kappa shape index (κ2) is 6.24. The quantitative estimate of drug-likeness (QED) is 0.883. The SMILES string of the molecule is CCCc1ccc(OC2CC(C)CCC2N)cc1. The Kier molecular flexibility index (Phi) is 4.65. The molecule has 0 spiro atoms. The van der Waals surface area contributed by atoms with Crippen molar-refractivity contribution in [2.75, 3.05) is 0 Å². The summed E-state index contributed by atoms with van der Waals surface area (Å²) >= 11 is 0. The topological polar surface area (TPSA) is 35.2 Å². The molecule has 18 heavy (non-hydrogen) atoms. The van der Waals surface area contributed by atoms with Crippen LogP contribution in [-0.4, -0.2) is 12.1 Å². The van der Waals surface area contributed by atoms with E-state index in [2.05, 4.69) is 38.1 Å². The number of rotatable bonds is 4. The maximum atomic E-state index is 6.14. The first-order valence-corrected chi connectivity index (χ1v) is 7.20. The zero-order chi connectivity index (χ0) is 13.0. The Labute approximate surface area is 111 Å². The molecule has 1 aromatic carbocycles. The average molecular weight is 247 g/mol. The summed E-state index contributed by atoms with van der Waals surface area (Å²) in [4.78, 5) is 0. The Balaban J connectivity index is 1.95. The largest absolute Gasteiger partial charge is 0.489 e. The predicted molar refractivity (Wildman–Crippen MR) is 75.8 cm³/mol. The lowest BCUT2D eigenvalue weighted by atomic mass is 9.85. The van der Waals surface area contributed by atoms with Crippen molar-refractivity contribution in [2.24, 2.45) is 11.7 Å². The normalized spacial score (nSPS) is 28.1. The van der Waals surface area contributed by atoms with Crippen molar-refractivity contribution in [3.63, 3.8) is 0 Å². The van der Waals surface area contributed by atoms with Crippen LogP contribution in [0.4, 0.5) is 0 Å². The molecule has 1 saturated carbocycles. The van der Waals surface area contributed by atoms with Gasteiger partial charge < -0.3 is 10.5 Å². The summed E-state index contributed by atoms with van der Waals surface area (Å²) in [6, 6.07) is 8.68. The van der Waals surface area contributed by atoms with Crippen LogP contribution in [0.3, 0.4) is 0 Å². The van der Waals surface area contributed by atoms with Crippen LogP contribution >= 0.6 is 0 Å². The number of hydrogen-bond acceptors (Lipinski definition) is 2. The zero-order valence-electron chi connectivity index (χ0n) is 11.6. The predicted octanol–water partition coefficient (Wildman–Crippen LogP) is 3.53. The summed E-state index contributed by atoms with van der Waals surface area (Å²) < 4.78 is 6.05. The number of benzene rings is 1. The van der Waals surface area contributed by atoms with Gasteiger partial charge in [-0.05, 0) is 49.3 Å². The molecule has 0 heterocycles. The van der Waals surface area contributed by atoms with E-state index in [0.29, 0.717) is 0 Å². The molecule has 1 aliphatic rings. The Morgan fingerprint density at radius 1 is 1.22 bits per heavy atom. The summed E-state index contributed by atoms with van der Waals surface area (Å²) in [5.41, 5.74) is 7.52. The molecule has 1 fully saturated rings. The van der Waals surface area contributed by atoms with E-state index in [1.165, 1.54) is 18.4 Å². The Morgan fingerprint density at radius 2 is 1.94 bits per heavy atom. The maximum Gasteiger partial charge on any atom is 0.119 e. The third-order valence-electron chi connectivity index (χ3n) is 3.85. The van der Waals surface area contributed by atoms with Crippen molar-refractivity contribution in [1.82, 2.24) is 0 Å². The molecule has 3 atom stereocenters. The van der Waals surface area contributed by atoms with E-state index in [4.69, 9.17) is 10.5 Å². The summed E-state index contributed by atoms with van der Waals surface area (Å²) in [6.07, 6.45) is 5.91. The van der Waals surface area contributed by atoms with Gasteiger partial charge in [-0.25, -0.2) is 0 Å². The van der Waals surface area contributed by atoms with Crippen LogP contribution in [0, 0.1) is 5.92 Å². The van der Waals surface area contributed by atoms with Crippen LogP contribution in [-0.2, 0) is 6.42 Å². The maximum absolute atomic E-state index is 6.14. The van der Waals surface area contributed by atoms with Gasteiger partial charge >= 0.3 is 0 Å². The van der Waals surface area contributed by atoms with Gasteiger partial charge in [0.05, 0.1) is 0 Å². The molecule has 0 aliphatic heterocycles. The lowest BCUT2D eigenvalue weighted by Gasteiger charge is -2.32. The van der Waals surface area contributed by atoms with E-state index >= 15 is 0 Å². The molecule has 100 valence electrons. The first kappa shape index (κ1) is 13.4. The van der Waals surface area contributed by atoms with Gasteiger partial charge in [-0.15, -0.1) is 0 Å². The zero-order valence-corrected chi connectivity index (χ0v) is 11.6. The molecule has 0 aromatic heterocycles. The van der Waals surface area contributed by atoms with Gasteiger partial charge in [0.1, 0.15) is 11.9 Å². The lowest BCUT2D eigenvalue weighted by Crippen LogP contribution is -2.43. The van der Waals surface area contributed by atoms with E-state index in [9.17, 15) is 0 Å². The van der Waals surface area contributed by atoms with Crippen molar-refractivity contribution in [3.05, 3.63) is 29.8 Å². The van der Waals surface area contributed by atoms with Crippen LogP contribution in [0.15, 0.2) is 24.3 Å². The monoisotopic (exact) mass is 247 g/mol. The molecule has 0 radical (unpaired) electrons. The van der Waals surface area contributed by atoms with E-state index < -0.39 is 0 Å². The molecule has 0 amide bonds. The van der Waals surface area contributed by atoms with Gasteiger partial charge in [-0.2, -0.15) is 0 Å². The first-order chi connectivity index (χ1) is 8.69. The minimum atomic E-state index is 0.186. The first-order valence-electron chi connectivity index (χ1n) is 7.20. The smallest absolute Gasteiger partial charge is 0.119 e. The van der Waals surface area contributed by atoms with Gasteiger partial charge in [0, 0.05) is 6.04 Å². The number of hydrogen-bond donors (Lipinski definition) is 1. The molecule has 0 bridgehead atoms. The van der Waals surface area contributed by atoms with E-state index in [1.54, 1.807) is 0 Å². The second-order valence-electron chi connectivity index (χ2n) is 5.63. The van der Waals surface area contributed by atoms with Crippen molar-refractivity contribution in [3.8, 4) is 5.75 Å². The van der Waals surface area contributed by atoms with Gasteiger partial charge in [0.25, 0.3) is 0 Å². The van der Waals surface area contributed by atoms with Crippen LogP contribution in [0.2, 0.25) is 0 Å². The third kappa shape index (κ3) is 3.49. The molecule has 2 N–H and O–H groups in total. The molecule has 2 nitrogen and oxygen atoms in total. The van der Waals surface area contributed by atoms with Crippen LogP contribution in [0.25, 0.3) is 0 Å². The van der Waals surface area contributed by atoms with Crippen molar-refractivity contribution in [1.29, 1.82) is 0 Å². The minimum absolute atomic E-state index is 0.186. The molecule has 1 aliphatic carbocycles. The molecule has 2 heteroatoms. The Hall–Kier alpha value is -1.02. The van der Waals surface area contributed by atoms with Gasteiger partial charge in [-0.1, -0.05) is 32.4 Å². The standard InChI is InChI=1S/C16H25NO/c1-3-4-13-6-8-14(9-7-13)18-16-11-12(2)5-10-15(16)17/h6-9,12,15-16H,3-5,10-11,17H2,1-2H3. The molecule has 0 saturated heterocycles. The van der Waals surface area contributed by atoms with Crippen molar-refractivity contribution >= 4 is 0 Å². The van der Waals surface area contributed by atoms with Gasteiger partial charge in [-0.3, -0.25) is 0 Å². The average Bonchev–Trinajstić information content (AvgIpc) is 2.37. The Morgan fingerprint density at radius 3 is 2.61 bits per heavy atom. The highest BCUT2D eigenvalue weighted by Gasteiger charge is 2.27.